The maximum absolute atomic E-state index is 6.53. The summed E-state index contributed by atoms with van der Waals surface area (Å²) < 4.78 is 5.47. The molecule has 2 aromatic rings. The summed E-state index contributed by atoms with van der Waals surface area (Å²) in [6.07, 6.45) is 1.05. The molecule has 0 fully saturated rings. The number of hydrogen-bond donors (Lipinski definition) is 1. The molecule has 20 heavy (non-hydrogen) atoms. The molecule has 0 heterocycles. The molecule has 106 valence electrons. The van der Waals surface area contributed by atoms with Gasteiger partial charge in [-0.1, -0.05) is 43.3 Å². The summed E-state index contributed by atoms with van der Waals surface area (Å²) in [5.41, 5.74) is 9.59. The van der Waals surface area contributed by atoms with E-state index >= 15 is 0 Å². The van der Waals surface area contributed by atoms with Gasteiger partial charge in [0.2, 0.25) is 0 Å². The van der Waals surface area contributed by atoms with Crippen molar-refractivity contribution >= 4 is 0 Å². The molecule has 2 rings (SSSR count). The van der Waals surface area contributed by atoms with Gasteiger partial charge >= 0.3 is 0 Å². The topological polar surface area (TPSA) is 35.2 Å². The van der Waals surface area contributed by atoms with E-state index in [1.165, 1.54) is 5.56 Å². The number of ether oxygens (including phenoxy) is 1. The molecule has 2 nitrogen and oxygen atoms in total. The van der Waals surface area contributed by atoms with Gasteiger partial charge in [0.15, 0.2) is 0 Å². The van der Waals surface area contributed by atoms with Crippen LogP contribution in [-0.4, -0.2) is 6.61 Å². The van der Waals surface area contributed by atoms with Gasteiger partial charge in [-0.25, -0.2) is 0 Å². The zero-order valence-corrected chi connectivity index (χ0v) is 12.5. The standard InChI is InChI=1S/C18H23NO/c1-4-14-6-8-15(9-7-14)18(3,19)16-10-12-17(13-11-16)20-5-2/h6-13H,4-5,19H2,1-3H3. The summed E-state index contributed by atoms with van der Waals surface area (Å²) in [5.74, 6) is 0.883. The lowest BCUT2D eigenvalue weighted by Crippen LogP contribution is -2.34. The van der Waals surface area contributed by atoms with Crippen molar-refractivity contribution in [1.82, 2.24) is 0 Å². The Kier molecular flexibility index (Phi) is 4.46. The van der Waals surface area contributed by atoms with Gasteiger partial charge in [-0.3, -0.25) is 0 Å². The van der Waals surface area contributed by atoms with Gasteiger partial charge in [-0.15, -0.1) is 0 Å². The number of aryl methyl sites for hydroxylation is 1. The summed E-state index contributed by atoms with van der Waals surface area (Å²) >= 11 is 0. The van der Waals surface area contributed by atoms with Gasteiger partial charge < -0.3 is 10.5 Å². The maximum Gasteiger partial charge on any atom is 0.119 e. The summed E-state index contributed by atoms with van der Waals surface area (Å²) in [6.45, 7) is 6.86. The lowest BCUT2D eigenvalue weighted by Gasteiger charge is -2.26. The minimum Gasteiger partial charge on any atom is -0.494 e. The smallest absolute Gasteiger partial charge is 0.119 e. The van der Waals surface area contributed by atoms with Crippen LogP contribution in [0.25, 0.3) is 0 Å². The molecule has 0 spiro atoms. The molecule has 0 aliphatic heterocycles. The monoisotopic (exact) mass is 269 g/mol. The van der Waals surface area contributed by atoms with Gasteiger partial charge in [0, 0.05) is 0 Å². The highest BCUT2D eigenvalue weighted by Crippen LogP contribution is 2.28. The molecule has 0 saturated heterocycles. The van der Waals surface area contributed by atoms with E-state index in [1.807, 2.05) is 38.1 Å². The van der Waals surface area contributed by atoms with Crippen molar-refractivity contribution in [3.8, 4) is 5.75 Å². The fourth-order valence-electron chi connectivity index (χ4n) is 2.32. The summed E-state index contributed by atoms with van der Waals surface area (Å²) in [4.78, 5) is 0. The fraction of sp³-hybridized carbons (Fsp3) is 0.333. The maximum atomic E-state index is 6.53. The third-order valence-corrected chi connectivity index (χ3v) is 3.73. The van der Waals surface area contributed by atoms with Crippen LogP contribution in [0.2, 0.25) is 0 Å². The van der Waals surface area contributed by atoms with Crippen LogP contribution in [0.3, 0.4) is 0 Å². The number of benzene rings is 2. The first-order valence-corrected chi connectivity index (χ1v) is 7.19. The Morgan fingerprint density at radius 3 is 1.85 bits per heavy atom. The number of rotatable bonds is 5. The molecule has 1 unspecified atom stereocenters. The van der Waals surface area contributed by atoms with Crippen LogP contribution >= 0.6 is 0 Å². The molecule has 0 aliphatic rings. The third-order valence-electron chi connectivity index (χ3n) is 3.73. The van der Waals surface area contributed by atoms with E-state index in [4.69, 9.17) is 10.5 Å². The molecule has 0 bridgehead atoms. The van der Waals surface area contributed by atoms with Crippen molar-refractivity contribution in [2.75, 3.05) is 6.61 Å². The molecule has 2 aromatic carbocycles. The molecule has 2 N–H and O–H groups in total. The molecule has 0 saturated carbocycles. The van der Waals surface area contributed by atoms with Crippen molar-refractivity contribution in [2.24, 2.45) is 5.73 Å². The van der Waals surface area contributed by atoms with Crippen LogP contribution in [-0.2, 0) is 12.0 Å². The first kappa shape index (κ1) is 14.6. The lowest BCUT2D eigenvalue weighted by atomic mass is 9.85. The molecule has 0 amide bonds. The molecule has 1 atom stereocenters. The van der Waals surface area contributed by atoms with Crippen molar-refractivity contribution < 1.29 is 4.74 Å². The fourth-order valence-corrected chi connectivity index (χ4v) is 2.32. The number of nitrogens with two attached hydrogens (primary N) is 1. The summed E-state index contributed by atoms with van der Waals surface area (Å²) in [5, 5.41) is 0. The highest BCUT2D eigenvalue weighted by molar-refractivity contribution is 5.40. The van der Waals surface area contributed by atoms with Crippen molar-refractivity contribution in [1.29, 1.82) is 0 Å². The lowest BCUT2D eigenvalue weighted by molar-refractivity contribution is 0.340. The Labute approximate surface area is 121 Å². The molecule has 0 radical (unpaired) electrons. The van der Waals surface area contributed by atoms with Gasteiger partial charge in [0.1, 0.15) is 5.75 Å². The van der Waals surface area contributed by atoms with Gasteiger partial charge in [-0.05, 0) is 49.1 Å². The minimum atomic E-state index is -0.489. The van der Waals surface area contributed by atoms with Gasteiger partial charge in [0.25, 0.3) is 0 Å². The molecular formula is C18H23NO. The van der Waals surface area contributed by atoms with E-state index in [2.05, 4.69) is 31.2 Å². The predicted molar refractivity (Wildman–Crippen MR) is 84.1 cm³/mol. The van der Waals surface area contributed by atoms with Crippen LogP contribution in [0.4, 0.5) is 0 Å². The van der Waals surface area contributed by atoms with Crippen LogP contribution < -0.4 is 10.5 Å². The molecule has 0 aliphatic carbocycles. The van der Waals surface area contributed by atoms with Crippen LogP contribution in [0.5, 0.6) is 5.75 Å². The average molecular weight is 269 g/mol. The van der Waals surface area contributed by atoms with Crippen LogP contribution in [0.15, 0.2) is 48.5 Å². The van der Waals surface area contributed by atoms with E-state index in [1.54, 1.807) is 0 Å². The summed E-state index contributed by atoms with van der Waals surface area (Å²) in [7, 11) is 0. The van der Waals surface area contributed by atoms with Crippen molar-refractivity contribution in [3.63, 3.8) is 0 Å². The van der Waals surface area contributed by atoms with E-state index in [0.717, 1.165) is 23.3 Å². The number of hydrogen-bond acceptors (Lipinski definition) is 2. The Morgan fingerprint density at radius 1 is 0.900 bits per heavy atom. The quantitative estimate of drug-likeness (QED) is 0.894. The second-order valence-electron chi connectivity index (χ2n) is 5.21. The average Bonchev–Trinajstić information content (AvgIpc) is 2.48. The highest BCUT2D eigenvalue weighted by atomic mass is 16.5. The largest absolute Gasteiger partial charge is 0.494 e. The summed E-state index contributed by atoms with van der Waals surface area (Å²) in [6, 6.07) is 16.6. The van der Waals surface area contributed by atoms with E-state index in [0.29, 0.717) is 6.61 Å². The van der Waals surface area contributed by atoms with Gasteiger partial charge in [0.05, 0.1) is 12.1 Å². The highest BCUT2D eigenvalue weighted by Gasteiger charge is 2.23. The minimum absolute atomic E-state index is 0.489. The first-order valence-electron chi connectivity index (χ1n) is 7.19. The normalized spacial score (nSPS) is 13.8. The van der Waals surface area contributed by atoms with Crippen LogP contribution in [0.1, 0.15) is 37.5 Å². The second-order valence-corrected chi connectivity index (χ2v) is 5.21. The zero-order valence-electron chi connectivity index (χ0n) is 12.5. The first-order chi connectivity index (χ1) is 9.57. The van der Waals surface area contributed by atoms with E-state index in [9.17, 15) is 0 Å². The van der Waals surface area contributed by atoms with Crippen molar-refractivity contribution in [3.05, 3.63) is 65.2 Å². The SMILES string of the molecule is CCOc1ccc(C(C)(N)c2ccc(CC)cc2)cc1. The third kappa shape index (κ3) is 3.02. The Balaban J connectivity index is 2.27. The predicted octanol–water partition coefficient (Wildman–Crippen LogP) is 3.87. The van der Waals surface area contributed by atoms with E-state index < -0.39 is 5.54 Å². The second kappa shape index (κ2) is 6.10. The Morgan fingerprint density at radius 2 is 1.40 bits per heavy atom. The Hall–Kier alpha value is -1.80. The van der Waals surface area contributed by atoms with Crippen molar-refractivity contribution in [2.45, 2.75) is 32.7 Å². The molecule has 0 aromatic heterocycles. The molecule has 2 heteroatoms. The van der Waals surface area contributed by atoms with Crippen LogP contribution in [0, 0.1) is 0 Å². The van der Waals surface area contributed by atoms with Gasteiger partial charge in [-0.2, -0.15) is 0 Å². The zero-order chi connectivity index (χ0) is 14.6. The Bertz CT molecular complexity index is 541. The van der Waals surface area contributed by atoms with E-state index in [-0.39, 0.29) is 0 Å². The molecular weight excluding hydrogens is 246 g/mol.